The first kappa shape index (κ1) is 31.0. The number of anilines is 1. The molecule has 2 aliphatic heterocycles. The van der Waals surface area contributed by atoms with Crippen LogP contribution in [0, 0.1) is 0 Å². The monoisotopic (exact) mass is 613 g/mol. The van der Waals surface area contributed by atoms with Crippen LogP contribution in [-0.2, 0) is 25.2 Å². The lowest BCUT2D eigenvalue weighted by Crippen LogP contribution is -2.29. The summed E-state index contributed by atoms with van der Waals surface area (Å²) in [7, 11) is 0. The maximum Gasteiger partial charge on any atom is 0.309 e. The van der Waals surface area contributed by atoms with Crippen molar-refractivity contribution in [1.82, 2.24) is 0 Å². The third kappa shape index (κ3) is 5.32. The van der Waals surface area contributed by atoms with Crippen molar-refractivity contribution in [2.75, 3.05) is 24.6 Å². The number of fused-ring (bicyclic) bond motifs is 6. The summed E-state index contributed by atoms with van der Waals surface area (Å²) in [5, 5.41) is 14.4. The van der Waals surface area contributed by atoms with E-state index < -0.39 is 5.97 Å². The molecule has 46 heavy (non-hydrogen) atoms. The fourth-order valence-electron chi connectivity index (χ4n) is 7.43. The molecule has 0 unspecified atom stereocenters. The van der Waals surface area contributed by atoms with Crippen LogP contribution in [0.1, 0.15) is 52.2 Å². The minimum Gasteiger partial charge on any atom is -0.481 e. The van der Waals surface area contributed by atoms with Crippen LogP contribution in [-0.4, -0.2) is 47.5 Å². The molecule has 0 aromatic heterocycles. The predicted octanol–water partition coefficient (Wildman–Crippen LogP) is 8.20. The second-order valence-electron chi connectivity index (χ2n) is 13.2. The van der Waals surface area contributed by atoms with Crippen molar-refractivity contribution in [2.24, 2.45) is 0 Å². The van der Waals surface area contributed by atoms with Crippen LogP contribution < -0.4 is 4.90 Å². The number of ether oxygens (including phenoxy) is 1. The molecule has 2 aliphatic rings. The molecule has 0 atom stereocenters. The van der Waals surface area contributed by atoms with Gasteiger partial charge in [0, 0.05) is 34.5 Å². The Hall–Kier alpha value is -4.97. The molecule has 0 radical (unpaired) electrons. The number of allylic oxidation sites excluding steroid dienone is 6. The van der Waals surface area contributed by atoms with Crippen LogP contribution in [0.5, 0.6) is 0 Å². The van der Waals surface area contributed by atoms with Crippen LogP contribution in [0.25, 0.3) is 21.5 Å². The molecule has 6 heteroatoms. The minimum absolute atomic E-state index is 0.0502. The zero-order valence-electron chi connectivity index (χ0n) is 27.2. The van der Waals surface area contributed by atoms with Crippen LogP contribution in [0.4, 0.5) is 11.4 Å². The molecule has 2 heterocycles. The van der Waals surface area contributed by atoms with E-state index in [2.05, 4.69) is 141 Å². The summed E-state index contributed by atoms with van der Waals surface area (Å²) in [5.41, 5.74) is 7.37. The van der Waals surface area contributed by atoms with Gasteiger partial charge in [-0.05, 0) is 66.1 Å². The van der Waals surface area contributed by atoms with Gasteiger partial charge in [-0.1, -0.05) is 86.2 Å². The van der Waals surface area contributed by atoms with Crippen molar-refractivity contribution in [3.8, 4) is 0 Å². The van der Waals surface area contributed by atoms with Crippen molar-refractivity contribution >= 4 is 51.1 Å². The van der Waals surface area contributed by atoms with Gasteiger partial charge < -0.3 is 14.7 Å². The van der Waals surface area contributed by atoms with Gasteiger partial charge in [0.15, 0.2) is 12.3 Å². The highest BCUT2D eigenvalue weighted by molar-refractivity contribution is 6.07. The first-order valence-electron chi connectivity index (χ1n) is 15.9. The maximum absolute atomic E-state index is 11.6. The summed E-state index contributed by atoms with van der Waals surface area (Å²) in [6, 6.07) is 25.4. The molecule has 0 saturated heterocycles. The first-order chi connectivity index (χ1) is 22.1. The third-order valence-corrected chi connectivity index (χ3v) is 9.57. The highest BCUT2D eigenvalue weighted by Gasteiger charge is 2.45. The van der Waals surface area contributed by atoms with E-state index in [0.717, 1.165) is 28.4 Å². The predicted molar refractivity (Wildman–Crippen MR) is 186 cm³/mol. The number of benzene rings is 4. The van der Waals surface area contributed by atoms with Gasteiger partial charge in [0.2, 0.25) is 5.69 Å². The van der Waals surface area contributed by atoms with E-state index in [9.17, 15) is 14.7 Å². The smallest absolute Gasteiger partial charge is 0.309 e. The molecular formula is C40H41N2O4+. The number of carbonyl (C=O) groups excluding carboxylic acids is 1. The van der Waals surface area contributed by atoms with E-state index in [-0.39, 0.29) is 17.3 Å². The summed E-state index contributed by atoms with van der Waals surface area (Å²) in [5.74, 6) is -0.811. The largest absolute Gasteiger partial charge is 0.481 e. The van der Waals surface area contributed by atoms with Crippen molar-refractivity contribution in [3.05, 3.63) is 119 Å². The lowest BCUT2D eigenvalue weighted by molar-refractivity contribution is -0.436. The van der Waals surface area contributed by atoms with E-state index in [4.69, 9.17) is 4.74 Å². The van der Waals surface area contributed by atoms with Crippen molar-refractivity contribution in [3.63, 3.8) is 0 Å². The van der Waals surface area contributed by atoms with E-state index >= 15 is 0 Å². The molecule has 1 N–H and O–H groups in total. The maximum atomic E-state index is 11.6. The molecule has 6 rings (SSSR count). The first-order valence-corrected chi connectivity index (χ1v) is 15.9. The minimum atomic E-state index is -0.811. The normalized spacial score (nSPS) is 17.7. The Morgan fingerprint density at radius 1 is 0.891 bits per heavy atom. The van der Waals surface area contributed by atoms with Crippen LogP contribution >= 0.6 is 0 Å². The zero-order valence-corrected chi connectivity index (χ0v) is 27.2. The van der Waals surface area contributed by atoms with E-state index in [1.165, 1.54) is 32.7 Å². The van der Waals surface area contributed by atoms with Crippen molar-refractivity contribution in [1.29, 1.82) is 0 Å². The molecule has 0 fully saturated rings. The van der Waals surface area contributed by atoms with Crippen LogP contribution in [0.15, 0.2) is 108 Å². The standard InChI is InChI=1S/C40H40N2O4/c1-27(14-20-34-39(2,3)37-30-12-8-6-10-28(30)16-18-32(37)41(34)23-22-36(44)45)15-21-35-40(4,5)38-31-13-9-7-11-29(31)17-19-33(38)42(35)24-25-46-26-43/h6-21,26H,22-25H2,1-5H3/p+1. The summed E-state index contributed by atoms with van der Waals surface area (Å²) >= 11 is 0. The second kappa shape index (κ2) is 12.1. The number of carboxylic acid groups (broad SMARTS) is 1. The third-order valence-electron chi connectivity index (χ3n) is 9.57. The molecule has 0 bridgehead atoms. The zero-order chi connectivity index (χ0) is 32.6. The molecular weight excluding hydrogens is 572 g/mol. The molecule has 0 amide bonds. The van der Waals surface area contributed by atoms with Gasteiger partial charge in [-0.15, -0.1) is 0 Å². The highest BCUT2D eigenvalue weighted by atomic mass is 16.5. The topological polar surface area (TPSA) is 69.8 Å². The van der Waals surface area contributed by atoms with E-state index in [0.29, 0.717) is 26.2 Å². The van der Waals surface area contributed by atoms with E-state index in [1.807, 2.05) is 0 Å². The van der Waals surface area contributed by atoms with E-state index in [1.54, 1.807) is 0 Å². The molecule has 0 saturated carbocycles. The number of aliphatic carboxylic acids is 1. The molecule has 234 valence electrons. The fourth-order valence-corrected chi connectivity index (χ4v) is 7.43. The number of rotatable bonds is 10. The molecule has 0 spiro atoms. The molecule has 0 aliphatic carbocycles. The Kier molecular flexibility index (Phi) is 8.15. The molecule has 4 aromatic carbocycles. The van der Waals surface area contributed by atoms with Crippen LogP contribution in [0.3, 0.4) is 0 Å². The van der Waals surface area contributed by atoms with Gasteiger partial charge in [0.1, 0.15) is 13.0 Å². The summed E-state index contributed by atoms with van der Waals surface area (Å²) in [6.45, 7) is 12.8. The van der Waals surface area contributed by atoms with Crippen molar-refractivity contribution in [2.45, 2.75) is 51.9 Å². The molecule has 4 aromatic rings. The number of carboxylic acids is 1. The Bertz CT molecular complexity index is 1990. The summed E-state index contributed by atoms with van der Waals surface area (Å²) in [4.78, 5) is 24.9. The van der Waals surface area contributed by atoms with Gasteiger partial charge in [-0.25, -0.2) is 0 Å². The number of hydrogen-bond donors (Lipinski definition) is 1. The van der Waals surface area contributed by atoms with Gasteiger partial charge >= 0.3 is 5.97 Å². The quantitative estimate of drug-likeness (QED) is 0.0845. The molecule has 6 nitrogen and oxygen atoms in total. The van der Waals surface area contributed by atoms with Gasteiger partial charge in [-0.3, -0.25) is 9.59 Å². The highest BCUT2D eigenvalue weighted by Crippen LogP contribution is 2.50. The lowest BCUT2D eigenvalue weighted by Gasteiger charge is -2.26. The van der Waals surface area contributed by atoms with Crippen molar-refractivity contribution < 1.29 is 24.0 Å². The Morgan fingerprint density at radius 3 is 2.22 bits per heavy atom. The SMILES string of the molecule is CC(/C=C/C1=[N+](CCC(=O)O)c2ccc3ccccc3c2C1(C)C)=C\C=C1\N(CCOC=O)c2ccc3ccccc3c2C1(C)C. The lowest BCUT2D eigenvalue weighted by atomic mass is 9.79. The van der Waals surface area contributed by atoms with Gasteiger partial charge in [0.05, 0.1) is 12.0 Å². The fraction of sp³-hybridized carbons (Fsp3) is 0.275. The number of hydrogen-bond acceptors (Lipinski definition) is 4. The van der Waals surface area contributed by atoms with Crippen LogP contribution in [0.2, 0.25) is 0 Å². The Balaban J connectivity index is 1.39. The van der Waals surface area contributed by atoms with Gasteiger partial charge in [0.25, 0.3) is 6.47 Å². The number of carbonyl (C=O) groups is 2. The Morgan fingerprint density at radius 2 is 1.54 bits per heavy atom. The number of nitrogens with zero attached hydrogens (tertiary/aromatic N) is 2. The second-order valence-corrected chi connectivity index (χ2v) is 13.2. The summed E-state index contributed by atoms with van der Waals surface area (Å²) < 4.78 is 7.31. The summed E-state index contributed by atoms with van der Waals surface area (Å²) in [6.07, 6.45) is 8.65. The average molecular weight is 614 g/mol. The average Bonchev–Trinajstić information content (AvgIpc) is 3.39. The Labute approximate surface area is 270 Å². The van der Waals surface area contributed by atoms with Gasteiger partial charge in [-0.2, -0.15) is 4.58 Å².